The van der Waals surface area contributed by atoms with Crippen LogP contribution in [0, 0.1) is 0 Å². The van der Waals surface area contributed by atoms with Gasteiger partial charge in [-0.05, 0) is 0 Å². The Labute approximate surface area is 100 Å². The van der Waals surface area contributed by atoms with Crippen LogP contribution in [0.15, 0.2) is 60.7 Å². The van der Waals surface area contributed by atoms with Gasteiger partial charge in [-0.15, -0.1) is 0 Å². The van der Waals surface area contributed by atoms with Gasteiger partial charge in [-0.2, -0.15) is 0 Å². The summed E-state index contributed by atoms with van der Waals surface area (Å²) in [6.45, 7) is 0. The van der Waals surface area contributed by atoms with Crippen molar-refractivity contribution in [1.82, 2.24) is 0 Å². The van der Waals surface area contributed by atoms with Gasteiger partial charge in [-0.25, -0.2) is 0 Å². The Balaban J connectivity index is 1.81. The minimum absolute atomic E-state index is 0.889. The third kappa shape index (κ3) is 3.47. The summed E-state index contributed by atoms with van der Waals surface area (Å²) in [6, 6.07) is 19.5. The van der Waals surface area contributed by atoms with Crippen LogP contribution in [0.3, 0.4) is 0 Å². The molecule has 0 aliphatic carbocycles. The van der Waals surface area contributed by atoms with Crippen LogP contribution < -0.4 is 6.15 Å². The second kappa shape index (κ2) is 5.65. The van der Waals surface area contributed by atoms with E-state index in [9.17, 15) is 0 Å². The van der Waals surface area contributed by atoms with Crippen molar-refractivity contribution in [2.24, 2.45) is 0 Å². The zero-order valence-electron chi connectivity index (χ0n) is 8.09. The first kappa shape index (κ1) is 10.4. The minimum atomic E-state index is -1.26. The maximum atomic E-state index is 5.56. The molecule has 0 atom stereocenters. The van der Waals surface area contributed by atoms with Gasteiger partial charge in [-0.3, -0.25) is 0 Å². The van der Waals surface area contributed by atoms with Gasteiger partial charge in [0, 0.05) is 0 Å². The second-order valence-electron chi connectivity index (χ2n) is 2.91. The van der Waals surface area contributed by atoms with Crippen molar-refractivity contribution < 1.29 is 6.15 Å². The van der Waals surface area contributed by atoms with E-state index in [1.807, 2.05) is 60.7 Å². The molecule has 3 heteroatoms. The van der Waals surface area contributed by atoms with Crippen LogP contribution >= 0.6 is 0 Å². The summed E-state index contributed by atoms with van der Waals surface area (Å²) in [5.74, 6) is 1.78. The summed E-state index contributed by atoms with van der Waals surface area (Å²) < 4.78 is 11.1. The molecule has 0 heterocycles. The van der Waals surface area contributed by atoms with E-state index in [0.29, 0.717) is 0 Å². The standard InChI is InChI=1S/2C6H6O.Sn/c2*7-6-4-2-1-3-5-6;/h2*1-5,7H;/q;;+4/p-2. The number of para-hydroxylation sites is 2. The number of benzene rings is 2. The molecule has 2 nitrogen and oxygen atoms in total. The normalized spacial score (nSPS) is 9.07. The van der Waals surface area contributed by atoms with E-state index in [4.69, 9.17) is 6.15 Å². The average molecular weight is 305 g/mol. The van der Waals surface area contributed by atoms with Gasteiger partial charge in [-0.1, -0.05) is 0 Å². The molecule has 0 unspecified atom stereocenters. The van der Waals surface area contributed by atoms with Gasteiger partial charge in [0.05, 0.1) is 0 Å². The molecule has 2 rings (SSSR count). The van der Waals surface area contributed by atoms with E-state index in [-0.39, 0.29) is 0 Å². The Morgan fingerprint density at radius 1 is 0.600 bits per heavy atom. The van der Waals surface area contributed by atoms with E-state index >= 15 is 0 Å². The molecule has 2 aromatic rings. The zero-order valence-corrected chi connectivity index (χ0v) is 10.9. The van der Waals surface area contributed by atoms with Crippen LogP contribution in [0.2, 0.25) is 0 Å². The Morgan fingerprint density at radius 3 is 1.40 bits per heavy atom. The van der Waals surface area contributed by atoms with Crippen molar-refractivity contribution in [3.05, 3.63) is 60.7 Å². The van der Waals surface area contributed by atoms with Gasteiger partial charge in [0.2, 0.25) is 0 Å². The van der Waals surface area contributed by atoms with Gasteiger partial charge < -0.3 is 0 Å². The van der Waals surface area contributed by atoms with Crippen LogP contribution in [0.5, 0.6) is 11.5 Å². The molecular formula is C12H10O2Sn+2. The molecule has 0 N–H and O–H groups in total. The summed E-state index contributed by atoms with van der Waals surface area (Å²) in [5, 5.41) is 0. The van der Waals surface area contributed by atoms with Crippen molar-refractivity contribution >= 4 is 22.0 Å². The molecule has 15 heavy (non-hydrogen) atoms. The van der Waals surface area contributed by atoms with Crippen molar-refractivity contribution in [3.63, 3.8) is 0 Å². The molecule has 0 saturated heterocycles. The summed E-state index contributed by atoms with van der Waals surface area (Å²) in [5.41, 5.74) is 0. The number of hydrogen-bond acceptors (Lipinski definition) is 2. The molecule has 0 aromatic heterocycles. The monoisotopic (exact) mass is 306 g/mol. The molecule has 72 valence electrons. The number of hydrogen-bond donors (Lipinski definition) is 0. The fraction of sp³-hybridized carbons (Fsp3) is 0. The van der Waals surface area contributed by atoms with Crippen molar-refractivity contribution in [2.45, 2.75) is 0 Å². The predicted octanol–water partition coefficient (Wildman–Crippen LogP) is 2.68. The van der Waals surface area contributed by atoms with Gasteiger partial charge in [0.15, 0.2) is 0 Å². The van der Waals surface area contributed by atoms with E-state index in [1.165, 1.54) is 0 Å². The van der Waals surface area contributed by atoms with Crippen LogP contribution in [0.25, 0.3) is 0 Å². The number of rotatable bonds is 4. The Morgan fingerprint density at radius 2 is 1.00 bits per heavy atom. The van der Waals surface area contributed by atoms with Crippen molar-refractivity contribution in [2.75, 3.05) is 0 Å². The van der Waals surface area contributed by atoms with E-state index in [1.54, 1.807) is 0 Å². The quantitative estimate of drug-likeness (QED) is 0.809. The van der Waals surface area contributed by atoms with Crippen LogP contribution in [-0.2, 0) is 0 Å². The molecule has 0 amide bonds. The molecule has 2 aromatic carbocycles. The summed E-state index contributed by atoms with van der Waals surface area (Å²) in [7, 11) is 0. The first-order valence-electron chi connectivity index (χ1n) is 4.64. The van der Waals surface area contributed by atoms with Gasteiger partial charge in [0.25, 0.3) is 0 Å². The molecule has 0 aliphatic heterocycles. The van der Waals surface area contributed by atoms with Crippen LogP contribution in [-0.4, -0.2) is 22.0 Å². The van der Waals surface area contributed by atoms with Gasteiger partial charge >= 0.3 is 100 Å². The molecular weight excluding hydrogens is 295 g/mol. The first-order chi connectivity index (χ1) is 7.45. The molecule has 0 spiro atoms. The molecule has 0 saturated carbocycles. The Hall–Kier alpha value is -1.16. The van der Waals surface area contributed by atoms with Crippen LogP contribution in [0.4, 0.5) is 0 Å². The summed E-state index contributed by atoms with van der Waals surface area (Å²) in [4.78, 5) is 0. The molecule has 0 bridgehead atoms. The second-order valence-corrected chi connectivity index (χ2v) is 4.55. The summed E-state index contributed by atoms with van der Waals surface area (Å²) in [6.07, 6.45) is 0. The average Bonchev–Trinajstić information content (AvgIpc) is 2.32. The fourth-order valence-electron chi connectivity index (χ4n) is 1.09. The molecule has 0 fully saturated rings. The van der Waals surface area contributed by atoms with Crippen molar-refractivity contribution in [1.29, 1.82) is 0 Å². The van der Waals surface area contributed by atoms with E-state index in [0.717, 1.165) is 11.5 Å². The summed E-state index contributed by atoms with van der Waals surface area (Å²) >= 11 is -1.26. The first-order valence-corrected chi connectivity index (χ1v) is 6.97. The maximum absolute atomic E-state index is 5.56. The molecule has 0 radical (unpaired) electrons. The fourth-order valence-corrected chi connectivity index (χ4v) is 2.54. The zero-order chi connectivity index (χ0) is 10.3. The third-order valence-electron chi connectivity index (χ3n) is 1.81. The van der Waals surface area contributed by atoms with Gasteiger partial charge in [0.1, 0.15) is 0 Å². The third-order valence-corrected chi connectivity index (χ3v) is 3.63. The van der Waals surface area contributed by atoms with Crippen LogP contribution in [0.1, 0.15) is 0 Å². The SMILES string of the molecule is c1ccc([O][Sn+2][O]c2ccccc2)cc1. The van der Waals surface area contributed by atoms with E-state index < -0.39 is 22.0 Å². The predicted molar refractivity (Wildman–Crippen MR) is 59.9 cm³/mol. The Bertz CT molecular complexity index is 349. The molecule has 0 aliphatic rings. The van der Waals surface area contributed by atoms with E-state index in [2.05, 4.69) is 0 Å². The Kier molecular flexibility index (Phi) is 3.91. The topological polar surface area (TPSA) is 18.5 Å². The van der Waals surface area contributed by atoms with Crippen molar-refractivity contribution in [3.8, 4) is 11.5 Å².